The van der Waals surface area contributed by atoms with Crippen LogP contribution in [0.15, 0.2) is 17.0 Å². The van der Waals surface area contributed by atoms with E-state index in [2.05, 4.69) is 10.0 Å². The Labute approximate surface area is 168 Å². The van der Waals surface area contributed by atoms with Crippen LogP contribution in [0, 0.1) is 20.8 Å². The Morgan fingerprint density at radius 1 is 1.15 bits per heavy atom. The average molecular weight is 416 g/mol. The Morgan fingerprint density at radius 2 is 1.78 bits per heavy atom. The summed E-state index contributed by atoms with van der Waals surface area (Å²) in [7, 11) is -3.61. The quantitative estimate of drug-likeness (QED) is 0.771. The molecule has 0 radical (unpaired) electrons. The van der Waals surface area contributed by atoms with Gasteiger partial charge in [-0.15, -0.1) is 12.4 Å². The molecule has 0 aromatic heterocycles. The molecule has 2 aliphatic heterocycles. The van der Waals surface area contributed by atoms with Gasteiger partial charge < -0.3 is 10.2 Å². The fourth-order valence-corrected chi connectivity index (χ4v) is 5.76. The third-order valence-electron chi connectivity index (χ3n) is 5.38. The van der Waals surface area contributed by atoms with E-state index in [1.54, 1.807) is 13.8 Å². The monoisotopic (exact) mass is 415 g/mol. The van der Waals surface area contributed by atoms with Crippen LogP contribution in [0.25, 0.3) is 0 Å². The van der Waals surface area contributed by atoms with Gasteiger partial charge in [0.05, 0.1) is 4.90 Å². The van der Waals surface area contributed by atoms with Gasteiger partial charge in [0.2, 0.25) is 15.9 Å². The highest BCUT2D eigenvalue weighted by Crippen LogP contribution is 2.22. The molecule has 0 saturated carbocycles. The molecule has 3 rings (SSSR count). The number of likely N-dealkylation sites (tertiary alicyclic amines) is 1. The van der Waals surface area contributed by atoms with E-state index < -0.39 is 10.0 Å². The largest absolute Gasteiger partial charge is 0.341 e. The third-order valence-corrected chi connectivity index (χ3v) is 7.15. The predicted octanol–water partition coefficient (Wildman–Crippen LogP) is 2.05. The molecule has 2 N–H and O–H groups in total. The summed E-state index contributed by atoms with van der Waals surface area (Å²) in [5, 5.41) is 3.55. The first-order valence-corrected chi connectivity index (χ1v) is 10.9. The smallest absolute Gasteiger partial charge is 0.241 e. The molecule has 152 valence electrons. The molecule has 8 heteroatoms. The summed E-state index contributed by atoms with van der Waals surface area (Å²) < 4.78 is 27.9. The molecule has 1 aromatic rings. The van der Waals surface area contributed by atoms with Crippen LogP contribution in [0.1, 0.15) is 42.4 Å². The molecule has 2 saturated heterocycles. The van der Waals surface area contributed by atoms with Crippen molar-refractivity contribution < 1.29 is 13.2 Å². The van der Waals surface area contributed by atoms with Crippen molar-refractivity contribution in [2.75, 3.05) is 19.6 Å². The van der Waals surface area contributed by atoms with E-state index in [4.69, 9.17) is 0 Å². The van der Waals surface area contributed by atoms with Gasteiger partial charge in [0.25, 0.3) is 0 Å². The van der Waals surface area contributed by atoms with Crippen LogP contribution < -0.4 is 10.0 Å². The van der Waals surface area contributed by atoms with Crippen LogP contribution in [0.5, 0.6) is 0 Å². The standard InChI is InChI=1S/C19H29N3O3S.ClH/c1-13-10-14(2)19(15(3)11-13)26(24,25)20-8-6-18(23)22-9-7-16-4-5-17(12-22)21-16;/h10-11,16-17,20-21H,4-9,12H2,1-3H3;1H. The molecular weight excluding hydrogens is 386 g/mol. The molecule has 2 unspecified atom stereocenters. The van der Waals surface area contributed by atoms with E-state index in [1.165, 1.54) is 6.42 Å². The molecule has 6 nitrogen and oxygen atoms in total. The van der Waals surface area contributed by atoms with Crippen LogP contribution >= 0.6 is 12.4 Å². The fraction of sp³-hybridized carbons (Fsp3) is 0.632. The minimum Gasteiger partial charge on any atom is -0.341 e. The first-order chi connectivity index (χ1) is 12.3. The molecule has 27 heavy (non-hydrogen) atoms. The van der Waals surface area contributed by atoms with Crippen molar-refractivity contribution in [3.05, 3.63) is 28.8 Å². The van der Waals surface area contributed by atoms with E-state index in [1.807, 2.05) is 24.0 Å². The zero-order chi connectivity index (χ0) is 18.9. The van der Waals surface area contributed by atoms with Crippen molar-refractivity contribution in [2.45, 2.75) is 63.4 Å². The summed E-state index contributed by atoms with van der Waals surface area (Å²) in [5.41, 5.74) is 2.50. The number of rotatable bonds is 5. The second-order valence-corrected chi connectivity index (χ2v) is 9.35. The SMILES string of the molecule is Cc1cc(C)c(S(=O)(=O)NCCC(=O)N2CCC3CCC(C2)N3)c(C)c1.Cl. The molecule has 2 fully saturated rings. The van der Waals surface area contributed by atoms with Crippen LogP contribution in [-0.4, -0.2) is 50.9 Å². The van der Waals surface area contributed by atoms with Crippen LogP contribution in [-0.2, 0) is 14.8 Å². The lowest BCUT2D eigenvalue weighted by Crippen LogP contribution is -2.40. The Morgan fingerprint density at radius 3 is 2.44 bits per heavy atom. The third kappa shape index (κ3) is 5.22. The predicted molar refractivity (Wildman–Crippen MR) is 109 cm³/mol. The van der Waals surface area contributed by atoms with Crippen molar-refractivity contribution >= 4 is 28.3 Å². The van der Waals surface area contributed by atoms with Crippen molar-refractivity contribution in [3.8, 4) is 0 Å². The molecule has 1 amide bonds. The van der Waals surface area contributed by atoms with Gasteiger partial charge in [0, 0.05) is 38.1 Å². The summed E-state index contributed by atoms with van der Waals surface area (Å²) in [4.78, 5) is 14.7. The molecule has 2 bridgehead atoms. The maximum atomic E-state index is 12.7. The highest BCUT2D eigenvalue weighted by atomic mass is 35.5. The first-order valence-electron chi connectivity index (χ1n) is 9.37. The van der Waals surface area contributed by atoms with E-state index in [0.29, 0.717) is 17.0 Å². The number of sulfonamides is 1. The Kier molecular flexibility index (Phi) is 7.30. The molecular formula is C19H30ClN3O3S. The zero-order valence-electron chi connectivity index (χ0n) is 16.2. The van der Waals surface area contributed by atoms with Crippen molar-refractivity contribution in [1.82, 2.24) is 14.9 Å². The summed E-state index contributed by atoms with van der Waals surface area (Å²) in [6, 6.07) is 4.66. The minimum absolute atomic E-state index is 0. The molecule has 2 atom stereocenters. The lowest BCUT2D eigenvalue weighted by molar-refractivity contribution is -0.131. The van der Waals surface area contributed by atoms with Gasteiger partial charge in [-0.2, -0.15) is 0 Å². The number of hydrogen-bond donors (Lipinski definition) is 2. The van der Waals surface area contributed by atoms with Gasteiger partial charge in [0.15, 0.2) is 0 Å². The number of aryl methyl sites for hydroxylation is 3. The number of fused-ring (bicyclic) bond motifs is 2. The average Bonchev–Trinajstić information content (AvgIpc) is 2.84. The van der Waals surface area contributed by atoms with E-state index in [-0.39, 0.29) is 31.3 Å². The van der Waals surface area contributed by atoms with Gasteiger partial charge >= 0.3 is 0 Å². The van der Waals surface area contributed by atoms with Crippen molar-refractivity contribution in [1.29, 1.82) is 0 Å². The first kappa shape index (κ1) is 22.1. The number of nitrogens with zero attached hydrogens (tertiary/aromatic N) is 1. The number of nitrogens with one attached hydrogen (secondary N) is 2. The van der Waals surface area contributed by atoms with E-state index >= 15 is 0 Å². The van der Waals surface area contributed by atoms with Crippen molar-refractivity contribution in [2.24, 2.45) is 0 Å². The Balaban J connectivity index is 0.00000261. The van der Waals surface area contributed by atoms with Crippen LogP contribution in [0.3, 0.4) is 0 Å². The maximum Gasteiger partial charge on any atom is 0.241 e. The highest BCUT2D eigenvalue weighted by molar-refractivity contribution is 7.89. The number of halogens is 1. The van der Waals surface area contributed by atoms with Crippen LogP contribution in [0.4, 0.5) is 0 Å². The molecule has 1 aromatic carbocycles. The second kappa shape index (κ2) is 8.90. The molecule has 0 spiro atoms. The lowest BCUT2D eigenvalue weighted by atomic mass is 10.1. The van der Waals surface area contributed by atoms with E-state index in [0.717, 1.165) is 42.6 Å². The van der Waals surface area contributed by atoms with Crippen molar-refractivity contribution in [3.63, 3.8) is 0 Å². The topological polar surface area (TPSA) is 78.5 Å². The van der Waals surface area contributed by atoms with Gasteiger partial charge in [-0.3, -0.25) is 4.79 Å². The lowest BCUT2D eigenvalue weighted by Gasteiger charge is -2.24. The molecule has 2 aliphatic rings. The summed E-state index contributed by atoms with van der Waals surface area (Å²) in [6.07, 6.45) is 3.49. The van der Waals surface area contributed by atoms with Gasteiger partial charge in [-0.05, 0) is 51.2 Å². The number of benzene rings is 1. The van der Waals surface area contributed by atoms with Crippen LogP contribution in [0.2, 0.25) is 0 Å². The minimum atomic E-state index is -3.61. The molecule has 0 aliphatic carbocycles. The Bertz CT molecular complexity index is 774. The Hall–Kier alpha value is -1.15. The maximum absolute atomic E-state index is 12.7. The fourth-order valence-electron chi connectivity index (χ4n) is 4.28. The van der Waals surface area contributed by atoms with Gasteiger partial charge in [-0.25, -0.2) is 13.1 Å². The number of hydrogen-bond acceptors (Lipinski definition) is 4. The summed E-state index contributed by atoms with van der Waals surface area (Å²) in [5.74, 6) is 0.0272. The number of carbonyl (C=O) groups excluding carboxylic acids is 1. The molecule has 2 heterocycles. The van der Waals surface area contributed by atoms with Gasteiger partial charge in [-0.1, -0.05) is 17.7 Å². The zero-order valence-corrected chi connectivity index (χ0v) is 17.9. The second-order valence-electron chi connectivity index (χ2n) is 7.64. The number of amides is 1. The highest BCUT2D eigenvalue weighted by Gasteiger charge is 2.31. The normalized spacial score (nSPS) is 22.3. The summed E-state index contributed by atoms with van der Waals surface area (Å²) in [6.45, 7) is 7.18. The van der Waals surface area contributed by atoms with E-state index in [9.17, 15) is 13.2 Å². The van der Waals surface area contributed by atoms with Gasteiger partial charge in [0.1, 0.15) is 0 Å². The summed E-state index contributed by atoms with van der Waals surface area (Å²) >= 11 is 0. The number of carbonyl (C=O) groups is 1.